The van der Waals surface area contributed by atoms with Crippen LogP contribution in [0, 0.1) is 5.92 Å². The van der Waals surface area contributed by atoms with Crippen LogP contribution in [0.15, 0.2) is 59.0 Å². The van der Waals surface area contributed by atoms with Crippen molar-refractivity contribution in [2.24, 2.45) is 5.92 Å². The zero-order valence-corrected chi connectivity index (χ0v) is 20.0. The fourth-order valence-electron chi connectivity index (χ4n) is 3.36. The van der Waals surface area contributed by atoms with Crippen molar-refractivity contribution >= 4 is 19.2 Å². The molecule has 0 unspecified atom stereocenters. The van der Waals surface area contributed by atoms with E-state index in [1.165, 1.54) is 5.57 Å². The number of nitrogens with one attached hydrogen (secondary N) is 1. The van der Waals surface area contributed by atoms with Crippen LogP contribution < -0.4 is 5.32 Å². The van der Waals surface area contributed by atoms with E-state index in [0.717, 1.165) is 29.5 Å². The van der Waals surface area contributed by atoms with Crippen LogP contribution in [0.3, 0.4) is 0 Å². The summed E-state index contributed by atoms with van der Waals surface area (Å²) >= 11 is 0. The average Bonchev–Trinajstić information content (AvgIpc) is 3.25. The van der Waals surface area contributed by atoms with Gasteiger partial charge in [-0.05, 0) is 60.6 Å². The van der Waals surface area contributed by atoms with Crippen molar-refractivity contribution in [3.05, 3.63) is 71.6 Å². The van der Waals surface area contributed by atoms with Crippen LogP contribution in [0.5, 0.6) is 0 Å². The highest BCUT2D eigenvalue weighted by atomic mass is 31.2. The second kappa shape index (κ2) is 12.1. The van der Waals surface area contributed by atoms with Gasteiger partial charge in [0.05, 0.1) is 6.16 Å². The number of benzene rings is 2. The summed E-state index contributed by atoms with van der Waals surface area (Å²) in [5.41, 5.74) is 4.25. The first kappa shape index (κ1) is 25.1. The molecule has 0 fully saturated rings. The highest BCUT2D eigenvalue weighted by molar-refractivity contribution is 7.51. The quantitative estimate of drug-likeness (QED) is 0.242. The van der Waals surface area contributed by atoms with Crippen molar-refractivity contribution in [2.75, 3.05) is 12.7 Å². The number of rotatable bonds is 12. The maximum Gasteiger partial charge on any atom is 0.325 e. The molecule has 7 nitrogen and oxygen atoms in total. The molecule has 1 aromatic heterocycles. The van der Waals surface area contributed by atoms with E-state index in [1.54, 1.807) is 0 Å². The van der Waals surface area contributed by atoms with Crippen molar-refractivity contribution in [3.8, 4) is 11.5 Å². The minimum absolute atomic E-state index is 0.101. The number of nitrogens with zero attached hydrogens (tertiary/aromatic N) is 2. The fraction of sp³-hybridized carbons (Fsp3) is 0.360. The predicted molar refractivity (Wildman–Crippen MR) is 131 cm³/mol. The van der Waals surface area contributed by atoms with Crippen LogP contribution >= 0.6 is 7.60 Å². The summed E-state index contributed by atoms with van der Waals surface area (Å²) in [6, 6.07) is 18.1. The van der Waals surface area contributed by atoms with Crippen LogP contribution in [0.2, 0.25) is 0 Å². The zero-order chi connectivity index (χ0) is 23.7. The Morgan fingerprint density at radius 1 is 1.09 bits per heavy atom. The van der Waals surface area contributed by atoms with Crippen LogP contribution in [0.4, 0.5) is 0 Å². The first-order chi connectivity index (χ1) is 15.8. The van der Waals surface area contributed by atoms with Crippen LogP contribution in [-0.2, 0) is 11.1 Å². The second-order valence-electron chi connectivity index (χ2n) is 8.53. The van der Waals surface area contributed by atoms with E-state index in [9.17, 15) is 4.57 Å². The lowest BCUT2D eigenvalue weighted by atomic mass is 9.97. The molecule has 1 heterocycles. The van der Waals surface area contributed by atoms with Crippen LogP contribution in [-0.4, -0.2) is 32.7 Å². The third-order valence-electron chi connectivity index (χ3n) is 5.21. The van der Waals surface area contributed by atoms with Gasteiger partial charge in [0, 0.05) is 18.2 Å². The Hall–Kier alpha value is -2.57. The van der Waals surface area contributed by atoms with E-state index in [4.69, 9.17) is 14.2 Å². The van der Waals surface area contributed by atoms with E-state index < -0.39 is 7.60 Å². The molecule has 0 bridgehead atoms. The number of hydrogen-bond donors (Lipinski definition) is 3. The highest BCUT2D eigenvalue weighted by Crippen LogP contribution is 2.34. The molecule has 3 rings (SSSR count). The molecule has 0 amide bonds. The Balaban J connectivity index is 1.63. The molecule has 33 heavy (non-hydrogen) atoms. The summed E-state index contributed by atoms with van der Waals surface area (Å²) < 4.78 is 16.8. The van der Waals surface area contributed by atoms with E-state index in [2.05, 4.69) is 41.5 Å². The van der Waals surface area contributed by atoms with E-state index in [-0.39, 0.29) is 6.16 Å². The van der Waals surface area contributed by atoms with Gasteiger partial charge in [0.1, 0.15) is 0 Å². The van der Waals surface area contributed by atoms with E-state index in [1.807, 2.05) is 48.5 Å². The van der Waals surface area contributed by atoms with E-state index >= 15 is 0 Å². The molecule has 0 atom stereocenters. The van der Waals surface area contributed by atoms with Gasteiger partial charge in [-0.25, -0.2) is 0 Å². The smallest absolute Gasteiger partial charge is 0.325 e. The van der Waals surface area contributed by atoms with Crippen molar-refractivity contribution in [3.63, 3.8) is 0 Å². The molecule has 8 heteroatoms. The molecule has 2 aromatic carbocycles. The molecule has 0 aliphatic carbocycles. The SMILES string of the molecule is CC(C)CCC(=Cc1nnc(-c2ccc(CNCCCP(=O)(O)O)cc2)o1)c1ccccc1. The van der Waals surface area contributed by atoms with Gasteiger partial charge in [-0.3, -0.25) is 4.57 Å². The van der Waals surface area contributed by atoms with Gasteiger partial charge >= 0.3 is 7.60 Å². The Labute approximate surface area is 195 Å². The van der Waals surface area contributed by atoms with Crippen molar-refractivity contribution < 1.29 is 18.8 Å². The zero-order valence-electron chi connectivity index (χ0n) is 19.1. The van der Waals surface area contributed by atoms with Gasteiger partial charge in [0.15, 0.2) is 0 Å². The standard InChI is InChI=1S/C25H32N3O4P/c1-19(2)9-12-23(21-7-4-3-5-8-21)17-24-27-28-25(32-24)22-13-10-20(11-14-22)18-26-15-6-16-33(29,30)31/h3-5,7-8,10-11,13-14,17,19,26H,6,9,12,15-16,18H2,1-2H3,(H2,29,30,31). The summed E-state index contributed by atoms with van der Waals surface area (Å²) in [7, 11) is -3.92. The first-order valence-corrected chi connectivity index (χ1v) is 13.0. The average molecular weight is 470 g/mol. The Morgan fingerprint density at radius 2 is 1.82 bits per heavy atom. The molecular weight excluding hydrogens is 437 g/mol. The van der Waals surface area contributed by atoms with Gasteiger partial charge in [-0.15, -0.1) is 10.2 Å². The molecule has 3 aromatic rings. The maximum atomic E-state index is 10.9. The molecule has 176 valence electrons. The second-order valence-corrected chi connectivity index (χ2v) is 10.3. The summed E-state index contributed by atoms with van der Waals surface area (Å²) in [6.07, 6.45) is 4.33. The monoisotopic (exact) mass is 469 g/mol. The largest absolute Gasteiger partial charge is 0.417 e. The molecule has 0 radical (unpaired) electrons. The molecule has 0 spiro atoms. The van der Waals surface area contributed by atoms with Gasteiger partial charge in [-0.1, -0.05) is 56.3 Å². The highest BCUT2D eigenvalue weighted by Gasteiger charge is 2.12. The summed E-state index contributed by atoms with van der Waals surface area (Å²) in [5.74, 6) is 1.57. The number of aromatic nitrogens is 2. The lowest BCUT2D eigenvalue weighted by Crippen LogP contribution is -2.15. The molecule has 0 saturated heterocycles. The predicted octanol–water partition coefficient (Wildman–Crippen LogP) is 5.37. The first-order valence-electron chi connectivity index (χ1n) is 11.2. The van der Waals surface area contributed by atoms with E-state index in [0.29, 0.717) is 37.2 Å². The lowest BCUT2D eigenvalue weighted by Gasteiger charge is -2.09. The normalized spacial score (nSPS) is 12.5. The third-order valence-corrected chi connectivity index (χ3v) is 6.11. The van der Waals surface area contributed by atoms with Gasteiger partial charge < -0.3 is 19.5 Å². The number of hydrogen-bond acceptors (Lipinski definition) is 5. The Bertz CT molecular complexity index is 1070. The van der Waals surface area contributed by atoms with Crippen molar-refractivity contribution in [1.82, 2.24) is 15.5 Å². The van der Waals surface area contributed by atoms with Gasteiger partial charge in [0.2, 0.25) is 11.8 Å². The minimum atomic E-state index is -3.92. The fourth-order valence-corrected chi connectivity index (χ4v) is 3.93. The summed E-state index contributed by atoms with van der Waals surface area (Å²) in [4.78, 5) is 17.8. The molecule has 0 aliphatic heterocycles. The Morgan fingerprint density at radius 3 is 2.48 bits per heavy atom. The maximum absolute atomic E-state index is 10.9. The topological polar surface area (TPSA) is 108 Å². The third kappa shape index (κ3) is 8.71. The number of allylic oxidation sites excluding steroid dienone is 1. The summed E-state index contributed by atoms with van der Waals surface area (Å²) in [5, 5.41) is 11.6. The Kier molecular flexibility index (Phi) is 9.15. The van der Waals surface area contributed by atoms with Crippen LogP contribution in [0.25, 0.3) is 23.1 Å². The lowest BCUT2D eigenvalue weighted by molar-refractivity contribution is 0.371. The molecular formula is C25H32N3O4P. The van der Waals surface area contributed by atoms with Crippen LogP contribution in [0.1, 0.15) is 50.1 Å². The van der Waals surface area contributed by atoms with Crippen molar-refractivity contribution in [2.45, 2.75) is 39.7 Å². The summed E-state index contributed by atoms with van der Waals surface area (Å²) in [6.45, 7) is 5.60. The van der Waals surface area contributed by atoms with Gasteiger partial charge in [0.25, 0.3) is 0 Å². The molecule has 3 N–H and O–H groups in total. The van der Waals surface area contributed by atoms with Gasteiger partial charge in [-0.2, -0.15) is 0 Å². The molecule has 0 aliphatic rings. The molecule has 0 saturated carbocycles. The minimum Gasteiger partial charge on any atom is -0.417 e. The van der Waals surface area contributed by atoms with Crippen molar-refractivity contribution in [1.29, 1.82) is 0 Å².